The third-order valence-electron chi connectivity index (χ3n) is 3.11. The topological polar surface area (TPSA) is 21.3 Å². The minimum Gasteiger partial charge on any atom is -0.377 e. The number of ether oxygens (including phenoxy) is 1. The van der Waals surface area contributed by atoms with E-state index in [1.807, 2.05) is 7.11 Å². The molecule has 0 fully saturated rings. The highest BCUT2D eigenvalue weighted by Crippen LogP contribution is 2.24. The van der Waals surface area contributed by atoms with E-state index in [-0.39, 0.29) is 5.60 Å². The van der Waals surface area contributed by atoms with Crippen LogP contribution in [0.5, 0.6) is 0 Å². The standard InChI is InChI=1S/C12H27NO/c1-7-9-13-11(10(3)4)12(5,8-2)14-6/h10-11,13H,7-9H2,1-6H3. The van der Waals surface area contributed by atoms with Gasteiger partial charge in [0.1, 0.15) is 0 Å². The second-order valence-electron chi connectivity index (χ2n) is 4.55. The Morgan fingerprint density at radius 2 is 1.86 bits per heavy atom. The van der Waals surface area contributed by atoms with E-state index in [2.05, 4.69) is 39.9 Å². The fourth-order valence-electron chi connectivity index (χ4n) is 1.95. The lowest BCUT2D eigenvalue weighted by Crippen LogP contribution is -2.53. The van der Waals surface area contributed by atoms with Gasteiger partial charge in [-0.1, -0.05) is 27.7 Å². The SMILES string of the molecule is CCCNC(C(C)C)C(C)(CC)OC. The van der Waals surface area contributed by atoms with E-state index in [1.54, 1.807) is 0 Å². The molecule has 0 saturated heterocycles. The Morgan fingerprint density at radius 3 is 2.14 bits per heavy atom. The number of hydrogen-bond acceptors (Lipinski definition) is 2. The number of hydrogen-bond donors (Lipinski definition) is 1. The summed E-state index contributed by atoms with van der Waals surface area (Å²) in [5, 5.41) is 3.59. The maximum absolute atomic E-state index is 5.64. The molecule has 0 heterocycles. The molecule has 0 aromatic rings. The summed E-state index contributed by atoms with van der Waals surface area (Å²) in [7, 11) is 1.81. The van der Waals surface area contributed by atoms with E-state index in [4.69, 9.17) is 4.74 Å². The summed E-state index contributed by atoms with van der Waals surface area (Å²) in [5.74, 6) is 0.603. The quantitative estimate of drug-likeness (QED) is 0.684. The van der Waals surface area contributed by atoms with Crippen LogP contribution >= 0.6 is 0 Å². The molecule has 0 aliphatic rings. The average molecular weight is 201 g/mol. The van der Waals surface area contributed by atoms with E-state index in [0.717, 1.165) is 13.0 Å². The van der Waals surface area contributed by atoms with Gasteiger partial charge in [0.05, 0.1) is 5.60 Å². The minimum absolute atomic E-state index is 0.0384. The second-order valence-corrected chi connectivity index (χ2v) is 4.55. The molecule has 0 rings (SSSR count). The highest BCUT2D eigenvalue weighted by Gasteiger charge is 2.33. The molecular weight excluding hydrogens is 174 g/mol. The largest absolute Gasteiger partial charge is 0.377 e. The Bertz CT molecular complexity index is 141. The van der Waals surface area contributed by atoms with Crippen molar-refractivity contribution in [1.82, 2.24) is 5.32 Å². The van der Waals surface area contributed by atoms with Gasteiger partial charge in [0.15, 0.2) is 0 Å². The lowest BCUT2D eigenvalue weighted by molar-refractivity contribution is -0.0412. The fourth-order valence-corrected chi connectivity index (χ4v) is 1.95. The molecule has 0 aliphatic heterocycles. The Morgan fingerprint density at radius 1 is 1.29 bits per heavy atom. The van der Waals surface area contributed by atoms with E-state index in [0.29, 0.717) is 12.0 Å². The van der Waals surface area contributed by atoms with Crippen molar-refractivity contribution in [3.63, 3.8) is 0 Å². The van der Waals surface area contributed by atoms with Crippen molar-refractivity contribution in [2.24, 2.45) is 5.92 Å². The first kappa shape index (κ1) is 13.9. The van der Waals surface area contributed by atoms with Gasteiger partial charge in [0.25, 0.3) is 0 Å². The van der Waals surface area contributed by atoms with Crippen LogP contribution in [0.4, 0.5) is 0 Å². The number of rotatable bonds is 7. The second kappa shape index (κ2) is 6.41. The summed E-state index contributed by atoms with van der Waals surface area (Å²) < 4.78 is 5.64. The van der Waals surface area contributed by atoms with Crippen LogP contribution < -0.4 is 5.32 Å². The van der Waals surface area contributed by atoms with Crippen molar-refractivity contribution in [1.29, 1.82) is 0 Å². The van der Waals surface area contributed by atoms with Crippen LogP contribution in [0, 0.1) is 5.92 Å². The molecule has 14 heavy (non-hydrogen) atoms. The molecule has 0 aromatic carbocycles. The molecule has 0 saturated carbocycles. The van der Waals surface area contributed by atoms with Crippen LogP contribution in [0.3, 0.4) is 0 Å². The van der Waals surface area contributed by atoms with E-state index in [9.17, 15) is 0 Å². The molecule has 2 heteroatoms. The summed E-state index contributed by atoms with van der Waals surface area (Å²) in [6.07, 6.45) is 2.22. The number of methoxy groups -OCH3 is 1. The van der Waals surface area contributed by atoms with Crippen molar-refractivity contribution in [3.05, 3.63) is 0 Å². The van der Waals surface area contributed by atoms with E-state index >= 15 is 0 Å². The van der Waals surface area contributed by atoms with Gasteiger partial charge in [0, 0.05) is 13.2 Å². The van der Waals surface area contributed by atoms with Gasteiger partial charge in [-0.25, -0.2) is 0 Å². The minimum atomic E-state index is -0.0384. The smallest absolute Gasteiger partial charge is 0.0802 e. The van der Waals surface area contributed by atoms with Crippen LogP contribution in [0.2, 0.25) is 0 Å². The predicted molar refractivity (Wildman–Crippen MR) is 62.6 cm³/mol. The van der Waals surface area contributed by atoms with E-state index < -0.39 is 0 Å². The fraction of sp³-hybridized carbons (Fsp3) is 1.00. The summed E-state index contributed by atoms with van der Waals surface area (Å²) >= 11 is 0. The molecule has 86 valence electrons. The Hall–Kier alpha value is -0.0800. The molecule has 0 aromatic heterocycles. The van der Waals surface area contributed by atoms with Crippen molar-refractivity contribution in [2.45, 2.75) is 59.1 Å². The molecule has 2 unspecified atom stereocenters. The van der Waals surface area contributed by atoms with Crippen LogP contribution in [0.25, 0.3) is 0 Å². The van der Waals surface area contributed by atoms with Crippen molar-refractivity contribution < 1.29 is 4.74 Å². The highest BCUT2D eigenvalue weighted by atomic mass is 16.5. The zero-order chi connectivity index (χ0) is 11.2. The van der Waals surface area contributed by atoms with Gasteiger partial charge in [-0.15, -0.1) is 0 Å². The van der Waals surface area contributed by atoms with Crippen LogP contribution in [-0.4, -0.2) is 25.3 Å². The maximum atomic E-state index is 5.64. The van der Waals surface area contributed by atoms with Gasteiger partial charge in [-0.05, 0) is 32.2 Å². The lowest BCUT2D eigenvalue weighted by atomic mass is 9.85. The summed E-state index contributed by atoms with van der Waals surface area (Å²) in [4.78, 5) is 0. The van der Waals surface area contributed by atoms with Gasteiger partial charge in [-0.3, -0.25) is 0 Å². The molecule has 0 aliphatic carbocycles. The van der Waals surface area contributed by atoms with E-state index in [1.165, 1.54) is 6.42 Å². The maximum Gasteiger partial charge on any atom is 0.0802 e. The zero-order valence-electron chi connectivity index (χ0n) is 10.7. The first-order valence-corrected chi connectivity index (χ1v) is 5.80. The normalized spacial score (nSPS) is 18.2. The molecule has 0 amide bonds. The summed E-state index contributed by atoms with van der Waals surface area (Å²) in [6.45, 7) is 12.1. The predicted octanol–water partition coefficient (Wildman–Crippen LogP) is 2.83. The molecule has 2 nitrogen and oxygen atoms in total. The molecule has 0 radical (unpaired) electrons. The van der Waals surface area contributed by atoms with Gasteiger partial charge in [0.2, 0.25) is 0 Å². The third-order valence-corrected chi connectivity index (χ3v) is 3.11. The lowest BCUT2D eigenvalue weighted by Gasteiger charge is -2.39. The first-order chi connectivity index (χ1) is 6.51. The molecule has 0 spiro atoms. The molecule has 2 atom stereocenters. The van der Waals surface area contributed by atoms with Crippen molar-refractivity contribution in [2.75, 3.05) is 13.7 Å². The average Bonchev–Trinajstić information content (AvgIpc) is 2.17. The van der Waals surface area contributed by atoms with Gasteiger partial charge >= 0.3 is 0 Å². The third kappa shape index (κ3) is 3.58. The monoisotopic (exact) mass is 201 g/mol. The molecule has 0 bridgehead atoms. The Balaban J connectivity index is 4.44. The first-order valence-electron chi connectivity index (χ1n) is 5.80. The molecule has 1 N–H and O–H groups in total. The Labute approximate surface area is 89.4 Å². The number of nitrogens with one attached hydrogen (secondary N) is 1. The highest BCUT2D eigenvalue weighted by molar-refractivity contribution is 4.90. The van der Waals surface area contributed by atoms with Crippen molar-refractivity contribution in [3.8, 4) is 0 Å². The van der Waals surface area contributed by atoms with Crippen LogP contribution in [-0.2, 0) is 4.74 Å². The van der Waals surface area contributed by atoms with Crippen LogP contribution in [0.1, 0.15) is 47.5 Å². The zero-order valence-corrected chi connectivity index (χ0v) is 10.7. The van der Waals surface area contributed by atoms with Crippen LogP contribution in [0.15, 0.2) is 0 Å². The van der Waals surface area contributed by atoms with Gasteiger partial charge in [-0.2, -0.15) is 0 Å². The van der Waals surface area contributed by atoms with Crippen molar-refractivity contribution >= 4 is 0 Å². The summed E-state index contributed by atoms with van der Waals surface area (Å²) in [6, 6.07) is 0.442. The summed E-state index contributed by atoms with van der Waals surface area (Å²) in [5.41, 5.74) is -0.0384. The van der Waals surface area contributed by atoms with Gasteiger partial charge < -0.3 is 10.1 Å². The molecular formula is C12H27NO. The Kier molecular flexibility index (Phi) is 6.38.